The molecule has 3 N–H and O–H groups in total. The summed E-state index contributed by atoms with van der Waals surface area (Å²) in [7, 11) is 5.52. The Labute approximate surface area is 118 Å². The molecule has 0 aliphatic carbocycles. The van der Waals surface area contributed by atoms with Crippen molar-refractivity contribution in [2.75, 3.05) is 34.2 Å². The molecule has 1 aliphatic rings. The molecule has 1 rings (SSSR count). The maximum Gasteiger partial charge on any atom is 0.360 e. The van der Waals surface area contributed by atoms with E-state index in [0.717, 1.165) is 0 Å². The number of likely N-dealkylation sites (N-methyl/N-ethyl adjacent to an activating group) is 1. The maximum atomic E-state index is 10.4. The molecule has 0 aromatic heterocycles. The number of hydrogen-bond acceptors (Lipinski definition) is 4. The number of quaternary nitrogens is 2. The van der Waals surface area contributed by atoms with Gasteiger partial charge in [-0.2, -0.15) is 0 Å². The average Bonchev–Trinajstić information content (AvgIpc) is 2.63. The fourth-order valence-corrected chi connectivity index (χ4v) is 1.45. The molecule has 0 radical (unpaired) electrons. The minimum absolute atomic E-state index is 0.130. The van der Waals surface area contributed by atoms with E-state index in [4.69, 9.17) is 10.2 Å². The lowest BCUT2D eigenvalue weighted by Crippen LogP contribution is -2.50. The van der Waals surface area contributed by atoms with Crippen LogP contribution in [0.1, 0.15) is 6.92 Å². The van der Waals surface area contributed by atoms with Crippen LogP contribution in [-0.2, 0) is 9.59 Å². The van der Waals surface area contributed by atoms with Crippen molar-refractivity contribution in [2.45, 2.75) is 13.2 Å². The van der Waals surface area contributed by atoms with Crippen LogP contribution < -0.4 is 0 Å². The second kappa shape index (κ2) is 7.13. The van der Waals surface area contributed by atoms with Gasteiger partial charge in [-0.05, 0) is 0 Å². The predicted octanol–water partition coefficient (Wildman–Crippen LogP) is -0.484. The van der Waals surface area contributed by atoms with Gasteiger partial charge >= 0.3 is 11.9 Å². The molecule has 2 atom stereocenters. The SMILES string of the molecule is CC(O)[N+]1(CC(=O)O)C=CN=C1.C[N+](C)(C)CC(=O)O. The van der Waals surface area contributed by atoms with Crippen molar-refractivity contribution in [3.63, 3.8) is 0 Å². The number of carbonyl (C=O) groups is 2. The average molecular weight is 289 g/mol. The van der Waals surface area contributed by atoms with Gasteiger partial charge in [-0.25, -0.2) is 19.1 Å². The molecule has 2 unspecified atom stereocenters. The summed E-state index contributed by atoms with van der Waals surface area (Å²) in [4.78, 5) is 24.2. The molecular weight excluding hydrogens is 266 g/mol. The summed E-state index contributed by atoms with van der Waals surface area (Å²) in [5, 5.41) is 26.1. The lowest BCUT2D eigenvalue weighted by atomic mass is 10.4. The van der Waals surface area contributed by atoms with Gasteiger partial charge in [0.05, 0.1) is 27.3 Å². The first-order valence-electron chi connectivity index (χ1n) is 6.00. The molecular formula is C12H23N3O5+2. The lowest BCUT2D eigenvalue weighted by Gasteiger charge is -2.27. The number of aliphatic carboxylic acids is 2. The Morgan fingerprint density at radius 3 is 2.00 bits per heavy atom. The molecule has 0 spiro atoms. The summed E-state index contributed by atoms with van der Waals surface area (Å²) in [6, 6.07) is 0. The van der Waals surface area contributed by atoms with Crippen molar-refractivity contribution < 1.29 is 33.9 Å². The van der Waals surface area contributed by atoms with Crippen molar-refractivity contribution in [1.82, 2.24) is 0 Å². The Morgan fingerprint density at radius 2 is 1.80 bits per heavy atom. The molecule has 114 valence electrons. The minimum atomic E-state index is -0.964. The Bertz CT molecular complexity index is 398. The highest BCUT2D eigenvalue weighted by Gasteiger charge is 2.34. The third-order valence-electron chi connectivity index (χ3n) is 2.43. The summed E-state index contributed by atoms with van der Waals surface area (Å²) in [6.07, 6.45) is 3.66. The van der Waals surface area contributed by atoms with Gasteiger partial charge in [-0.1, -0.05) is 0 Å². The normalized spacial score (nSPS) is 22.1. The molecule has 0 aromatic rings. The van der Waals surface area contributed by atoms with Crippen LogP contribution in [0.2, 0.25) is 0 Å². The van der Waals surface area contributed by atoms with E-state index in [-0.39, 0.29) is 17.6 Å². The molecule has 1 heterocycles. The Hall–Kier alpha value is -1.77. The zero-order chi connectivity index (χ0) is 16.0. The largest absolute Gasteiger partial charge is 0.477 e. The predicted molar refractivity (Wildman–Crippen MR) is 72.6 cm³/mol. The molecule has 0 saturated carbocycles. The lowest BCUT2D eigenvalue weighted by molar-refractivity contribution is -0.862. The minimum Gasteiger partial charge on any atom is -0.477 e. The van der Waals surface area contributed by atoms with Gasteiger partial charge < -0.3 is 19.8 Å². The van der Waals surface area contributed by atoms with Gasteiger partial charge in [0.1, 0.15) is 6.20 Å². The van der Waals surface area contributed by atoms with E-state index in [1.807, 2.05) is 21.1 Å². The van der Waals surface area contributed by atoms with E-state index < -0.39 is 18.2 Å². The maximum absolute atomic E-state index is 10.4. The summed E-state index contributed by atoms with van der Waals surface area (Å²) < 4.78 is 0.352. The fraction of sp³-hybridized carbons (Fsp3) is 0.583. The van der Waals surface area contributed by atoms with Gasteiger partial charge in [0.25, 0.3) is 0 Å². The van der Waals surface area contributed by atoms with Gasteiger partial charge in [0.15, 0.2) is 25.7 Å². The monoisotopic (exact) mass is 289 g/mol. The number of aliphatic hydroxyl groups is 1. The molecule has 0 fully saturated rings. The Balaban J connectivity index is 0.000000396. The van der Waals surface area contributed by atoms with Crippen LogP contribution in [0.5, 0.6) is 0 Å². The smallest absolute Gasteiger partial charge is 0.360 e. The topological polar surface area (TPSA) is 107 Å². The van der Waals surface area contributed by atoms with Crippen molar-refractivity contribution in [3.8, 4) is 0 Å². The number of nitrogens with zero attached hydrogens (tertiary/aromatic N) is 3. The van der Waals surface area contributed by atoms with Crippen LogP contribution in [0.25, 0.3) is 0 Å². The molecule has 0 bridgehead atoms. The van der Waals surface area contributed by atoms with E-state index in [0.29, 0.717) is 4.48 Å². The zero-order valence-electron chi connectivity index (χ0n) is 12.2. The van der Waals surface area contributed by atoms with Gasteiger partial charge in [0, 0.05) is 6.92 Å². The Morgan fingerprint density at radius 1 is 1.25 bits per heavy atom. The van der Waals surface area contributed by atoms with E-state index >= 15 is 0 Å². The van der Waals surface area contributed by atoms with Crippen molar-refractivity contribution in [2.24, 2.45) is 4.99 Å². The van der Waals surface area contributed by atoms with Crippen LogP contribution in [0.15, 0.2) is 17.4 Å². The summed E-state index contributed by atoms with van der Waals surface area (Å²) in [5.74, 6) is -1.72. The highest BCUT2D eigenvalue weighted by Crippen LogP contribution is 2.14. The third-order valence-corrected chi connectivity index (χ3v) is 2.43. The van der Waals surface area contributed by atoms with Crippen molar-refractivity contribution in [1.29, 1.82) is 0 Å². The molecule has 1 aliphatic heterocycles. The molecule has 0 amide bonds. The van der Waals surface area contributed by atoms with Crippen LogP contribution >= 0.6 is 0 Å². The molecule has 0 aromatic carbocycles. The number of hydrogen-bond donors (Lipinski definition) is 3. The third kappa shape index (κ3) is 6.98. The van der Waals surface area contributed by atoms with Crippen LogP contribution in [-0.4, -0.2) is 83.0 Å². The fourth-order valence-electron chi connectivity index (χ4n) is 1.45. The Kier molecular flexibility index (Phi) is 6.50. The van der Waals surface area contributed by atoms with Gasteiger partial charge in [-0.3, -0.25) is 0 Å². The second-order valence-electron chi connectivity index (χ2n) is 5.58. The highest BCUT2D eigenvalue weighted by atomic mass is 16.4. The van der Waals surface area contributed by atoms with Gasteiger partial charge in [-0.15, -0.1) is 0 Å². The van der Waals surface area contributed by atoms with Crippen LogP contribution in [0.3, 0.4) is 0 Å². The van der Waals surface area contributed by atoms with Crippen LogP contribution in [0, 0.1) is 0 Å². The van der Waals surface area contributed by atoms with E-state index in [1.54, 1.807) is 6.20 Å². The molecule has 8 nitrogen and oxygen atoms in total. The van der Waals surface area contributed by atoms with E-state index in [9.17, 15) is 14.7 Å². The number of aliphatic imine (C=N–C) groups is 1. The molecule has 8 heteroatoms. The molecule has 20 heavy (non-hydrogen) atoms. The molecule has 0 saturated heterocycles. The number of carboxylic acid groups (broad SMARTS) is 2. The second-order valence-corrected chi connectivity index (χ2v) is 5.58. The summed E-state index contributed by atoms with van der Waals surface area (Å²) in [5.41, 5.74) is 0. The quantitative estimate of drug-likeness (QED) is 0.592. The first-order chi connectivity index (χ1) is 8.98. The van der Waals surface area contributed by atoms with Crippen LogP contribution in [0.4, 0.5) is 0 Å². The standard InChI is InChI=1S/C7H10N2O3.C5H11NO2/c1-6(10)9(4-7(11)12)3-2-8-5-9;1-6(2,3)4-5(7)8/h2-3,5-6,10H,4H2,1H3;4H2,1-3H3/p+2. The zero-order valence-corrected chi connectivity index (χ0v) is 12.2. The van der Waals surface area contributed by atoms with Gasteiger partial charge in [0.2, 0.25) is 0 Å². The van der Waals surface area contributed by atoms with Crippen molar-refractivity contribution >= 4 is 18.3 Å². The summed E-state index contributed by atoms with van der Waals surface area (Å²) >= 11 is 0. The summed E-state index contributed by atoms with van der Waals surface area (Å²) in [6.45, 7) is 1.53. The number of carboxylic acids is 2. The van der Waals surface area contributed by atoms with E-state index in [2.05, 4.69) is 4.99 Å². The first kappa shape index (κ1) is 18.2. The first-order valence-corrected chi connectivity index (χ1v) is 6.00. The van der Waals surface area contributed by atoms with E-state index in [1.165, 1.54) is 19.5 Å². The highest BCUT2D eigenvalue weighted by molar-refractivity contribution is 5.70. The number of rotatable bonds is 5. The van der Waals surface area contributed by atoms with Crippen molar-refractivity contribution in [3.05, 3.63) is 12.4 Å². The number of aliphatic hydroxyl groups excluding tert-OH is 1.